The Morgan fingerprint density at radius 1 is 1.40 bits per heavy atom. The Labute approximate surface area is 120 Å². The smallest absolute Gasteiger partial charge is 0.123 e. The van der Waals surface area contributed by atoms with Crippen LogP contribution in [0.2, 0.25) is 0 Å². The van der Waals surface area contributed by atoms with E-state index in [1.54, 1.807) is 0 Å². The van der Waals surface area contributed by atoms with Gasteiger partial charge in [-0.2, -0.15) is 0 Å². The number of nitrogens with one attached hydrogen (secondary N) is 1. The monoisotopic (exact) mass is 280 g/mol. The summed E-state index contributed by atoms with van der Waals surface area (Å²) in [6.07, 6.45) is 2.12. The first-order chi connectivity index (χ1) is 9.65. The van der Waals surface area contributed by atoms with Crippen molar-refractivity contribution < 1.29 is 9.50 Å². The van der Waals surface area contributed by atoms with Gasteiger partial charge in [0, 0.05) is 18.6 Å². The molecular weight excluding hydrogens is 255 g/mol. The second-order valence-electron chi connectivity index (χ2n) is 5.73. The molecule has 1 heterocycles. The fourth-order valence-corrected chi connectivity index (χ4v) is 3.13. The first-order valence-corrected chi connectivity index (χ1v) is 7.43. The lowest BCUT2D eigenvalue weighted by Gasteiger charge is -2.27. The van der Waals surface area contributed by atoms with Crippen LogP contribution in [0.4, 0.5) is 4.39 Å². The highest BCUT2D eigenvalue weighted by molar-refractivity contribution is 5.19. The number of likely N-dealkylation sites (tertiary alicyclic amines) is 1. The molecule has 1 fully saturated rings. The summed E-state index contributed by atoms with van der Waals surface area (Å²) >= 11 is 0. The van der Waals surface area contributed by atoms with Crippen LogP contribution in [0.15, 0.2) is 24.3 Å². The maximum absolute atomic E-state index is 13.0. The molecule has 0 amide bonds. The fraction of sp³-hybridized carbons (Fsp3) is 0.625. The van der Waals surface area contributed by atoms with Gasteiger partial charge in [0.15, 0.2) is 0 Å². The van der Waals surface area contributed by atoms with Gasteiger partial charge >= 0.3 is 0 Å². The molecule has 1 aromatic rings. The van der Waals surface area contributed by atoms with Gasteiger partial charge in [0.25, 0.3) is 0 Å². The third-order valence-corrected chi connectivity index (χ3v) is 4.51. The number of benzene rings is 1. The van der Waals surface area contributed by atoms with E-state index >= 15 is 0 Å². The summed E-state index contributed by atoms with van der Waals surface area (Å²) in [4.78, 5) is 2.37. The standard InChI is InChI=1S/C16H25FN2O/c1-12-7-9-19(16(12)11-20)10-8-15(18-2)13-3-5-14(17)6-4-13/h3-6,12,15-16,18,20H,7-11H2,1-2H3. The van der Waals surface area contributed by atoms with Crippen molar-refractivity contribution in [3.63, 3.8) is 0 Å². The van der Waals surface area contributed by atoms with Crippen LogP contribution in [0.3, 0.4) is 0 Å². The zero-order valence-corrected chi connectivity index (χ0v) is 12.3. The lowest BCUT2D eigenvalue weighted by molar-refractivity contribution is 0.135. The molecule has 1 aromatic carbocycles. The van der Waals surface area contributed by atoms with Gasteiger partial charge in [0.1, 0.15) is 5.82 Å². The Balaban J connectivity index is 1.92. The molecule has 0 saturated carbocycles. The maximum Gasteiger partial charge on any atom is 0.123 e. The van der Waals surface area contributed by atoms with Crippen molar-refractivity contribution in [3.05, 3.63) is 35.6 Å². The van der Waals surface area contributed by atoms with E-state index in [0.717, 1.165) is 31.5 Å². The lowest BCUT2D eigenvalue weighted by atomic mass is 10.0. The second-order valence-corrected chi connectivity index (χ2v) is 5.73. The van der Waals surface area contributed by atoms with Gasteiger partial charge in [-0.3, -0.25) is 4.90 Å². The molecule has 112 valence electrons. The Hall–Kier alpha value is -0.970. The minimum Gasteiger partial charge on any atom is -0.395 e. The highest BCUT2D eigenvalue weighted by Gasteiger charge is 2.30. The summed E-state index contributed by atoms with van der Waals surface area (Å²) < 4.78 is 13.0. The van der Waals surface area contributed by atoms with E-state index in [2.05, 4.69) is 17.1 Å². The van der Waals surface area contributed by atoms with Crippen molar-refractivity contribution in [3.8, 4) is 0 Å². The summed E-state index contributed by atoms with van der Waals surface area (Å²) in [7, 11) is 1.93. The predicted octanol–water partition coefficient (Wildman–Crippen LogP) is 2.18. The number of aliphatic hydroxyl groups excluding tert-OH is 1. The van der Waals surface area contributed by atoms with Crippen LogP contribution >= 0.6 is 0 Å². The molecule has 0 aliphatic carbocycles. The topological polar surface area (TPSA) is 35.5 Å². The molecule has 1 saturated heterocycles. The summed E-state index contributed by atoms with van der Waals surface area (Å²) in [5.74, 6) is 0.371. The number of hydrogen-bond donors (Lipinski definition) is 2. The van der Waals surface area contributed by atoms with Crippen molar-refractivity contribution in [1.29, 1.82) is 0 Å². The predicted molar refractivity (Wildman–Crippen MR) is 79.0 cm³/mol. The average Bonchev–Trinajstić information content (AvgIpc) is 2.81. The summed E-state index contributed by atoms with van der Waals surface area (Å²) in [6.45, 7) is 4.46. The molecule has 2 rings (SSSR count). The number of aliphatic hydroxyl groups is 1. The van der Waals surface area contributed by atoms with Crippen molar-refractivity contribution in [2.45, 2.75) is 31.8 Å². The first-order valence-electron chi connectivity index (χ1n) is 7.43. The van der Waals surface area contributed by atoms with E-state index in [1.807, 2.05) is 19.2 Å². The van der Waals surface area contributed by atoms with Crippen molar-refractivity contribution in [2.24, 2.45) is 5.92 Å². The maximum atomic E-state index is 13.0. The van der Waals surface area contributed by atoms with Crippen LogP contribution in [0, 0.1) is 11.7 Å². The van der Waals surface area contributed by atoms with Gasteiger partial charge in [0.2, 0.25) is 0 Å². The summed E-state index contributed by atoms with van der Waals surface area (Å²) in [6, 6.07) is 7.22. The number of halogens is 1. The van der Waals surface area contributed by atoms with Crippen LogP contribution in [0.25, 0.3) is 0 Å². The largest absolute Gasteiger partial charge is 0.395 e. The lowest BCUT2D eigenvalue weighted by Crippen LogP contribution is -2.37. The normalized spacial score (nSPS) is 25.0. The summed E-state index contributed by atoms with van der Waals surface area (Å²) in [5, 5.41) is 12.8. The molecule has 1 aliphatic rings. The zero-order valence-electron chi connectivity index (χ0n) is 12.3. The van der Waals surface area contributed by atoms with E-state index in [1.165, 1.54) is 12.1 Å². The Morgan fingerprint density at radius 3 is 2.70 bits per heavy atom. The molecule has 0 radical (unpaired) electrons. The van der Waals surface area contributed by atoms with E-state index < -0.39 is 0 Å². The Bertz CT molecular complexity index is 409. The molecule has 4 heteroatoms. The number of nitrogens with zero attached hydrogens (tertiary/aromatic N) is 1. The molecule has 1 aliphatic heterocycles. The van der Waals surface area contributed by atoms with Gasteiger partial charge in [-0.1, -0.05) is 19.1 Å². The van der Waals surface area contributed by atoms with Crippen LogP contribution in [-0.2, 0) is 0 Å². The Kier molecular flexibility index (Phi) is 5.52. The number of rotatable bonds is 6. The van der Waals surface area contributed by atoms with Crippen LogP contribution < -0.4 is 5.32 Å². The van der Waals surface area contributed by atoms with E-state index in [9.17, 15) is 9.50 Å². The second kappa shape index (κ2) is 7.16. The van der Waals surface area contributed by atoms with E-state index in [0.29, 0.717) is 12.0 Å². The first kappa shape index (κ1) is 15.4. The van der Waals surface area contributed by atoms with Gasteiger partial charge in [0.05, 0.1) is 6.61 Å². The van der Waals surface area contributed by atoms with Gasteiger partial charge in [-0.15, -0.1) is 0 Å². The van der Waals surface area contributed by atoms with Crippen LogP contribution in [0.1, 0.15) is 31.4 Å². The average molecular weight is 280 g/mol. The minimum absolute atomic E-state index is 0.197. The molecule has 2 N–H and O–H groups in total. The molecule has 3 nitrogen and oxygen atoms in total. The highest BCUT2D eigenvalue weighted by Crippen LogP contribution is 2.25. The molecule has 20 heavy (non-hydrogen) atoms. The molecule has 3 atom stereocenters. The summed E-state index contributed by atoms with van der Waals surface area (Å²) in [5.41, 5.74) is 1.11. The molecule has 0 aromatic heterocycles. The van der Waals surface area contributed by atoms with Crippen molar-refractivity contribution in [1.82, 2.24) is 10.2 Å². The van der Waals surface area contributed by atoms with E-state index in [-0.39, 0.29) is 18.5 Å². The van der Waals surface area contributed by atoms with Crippen LogP contribution in [-0.4, -0.2) is 42.8 Å². The molecule has 0 spiro atoms. The van der Waals surface area contributed by atoms with E-state index in [4.69, 9.17) is 0 Å². The molecule has 3 unspecified atom stereocenters. The van der Waals surface area contributed by atoms with Gasteiger partial charge < -0.3 is 10.4 Å². The Morgan fingerprint density at radius 2 is 2.10 bits per heavy atom. The molecular formula is C16H25FN2O. The number of hydrogen-bond acceptors (Lipinski definition) is 3. The minimum atomic E-state index is -0.197. The van der Waals surface area contributed by atoms with Crippen molar-refractivity contribution >= 4 is 0 Å². The fourth-order valence-electron chi connectivity index (χ4n) is 3.13. The SMILES string of the molecule is CNC(CCN1CCC(C)C1CO)c1ccc(F)cc1. The van der Waals surface area contributed by atoms with Gasteiger partial charge in [-0.25, -0.2) is 4.39 Å². The third-order valence-electron chi connectivity index (χ3n) is 4.51. The molecule has 0 bridgehead atoms. The third kappa shape index (κ3) is 3.57. The van der Waals surface area contributed by atoms with Crippen molar-refractivity contribution in [2.75, 3.05) is 26.7 Å². The van der Waals surface area contributed by atoms with Gasteiger partial charge in [-0.05, 0) is 50.0 Å². The quantitative estimate of drug-likeness (QED) is 0.838. The van der Waals surface area contributed by atoms with Crippen LogP contribution in [0.5, 0.6) is 0 Å². The highest BCUT2D eigenvalue weighted by atomic mass is 19.1. The zero-order chi connectivity index (χ0) is 14.5.